The quantitative estimate of drug-likeness (QED) is 0.456. The zero-order chi connectivity index (χ0) is 29.6. The molecular formula is C30H42N2O10. The van der Waals surface area contributed by atoms with Gasteiger partial charge in [0.15, 0.2) is 5.76 Å². The number of aliphatic hydroxyl groups excluding tert-OH is 1. The fraction of sp³-hybridized carbons (Fsp3) is 0.600. The van der Waals surface area contributed by atoms with Crippen LogP contribution >= 0.6 is 0 Å². The van der Waals surface area contributed by atoms with E-state index in [0.29, 0.717) is 72.4 Å². The van der Waals surface area contributed by atoms with Crippen molar-refractivity contribution in [1.82, 2.24) is 9.47 Å². The van der Waals surface area contributed by atoms with Gasteiger partial charge in [0.25, 0.3) is 5.91 Å². The van der Waals surface area contributed by atoms with E-state index in [2.05, 4.69) is 0 Å². The number of carbonyl (C=O) groups excluding carboxylic acids is 2. The van der Waals surface area contributed by atoms with Crippen molar-refractivity contribution in [2.24, 2.45) is 0 Å². The Bertz CT molecular complexity index is 1150. The maximum Gasteiger partial charge on any atom is 0.288 e. The van der Waals surface area contributed by atoms with Gasteiger partial charge in [-0.25, -0.2) is 0 Å². The highest BCUT2D eigenvalue weighted by Gasteiger charge is 2.32. The Hall–Kier alpha value is -2.84. The SMILES string of the molecule is CC(=O)n1cc([C@H]2C=C(C(=O)N3CCOCCOCCOCCOCC3)O[C@@H](OCCOCCO)C2)c2ccccc21. The highest BCUT2D eigenvalue weighted by molar-refractivity contribution is 5.95. The van der Waals surface area contributed by atoms with Gasteiger partial charge in [0.05, 0.1) is 84.8 Å². The van der Waals surface area contributed by atoms with Gasteiger partial charge in [-0.2, -0.15) is 0 Å². The predicted octanol–water partition coefficient (Wildman–Crippen LogP) is 1.95. The van der Waals surface area contributed by atoms with Crippen LogP contribution in [0.15, 0.2) is 42.3 Å². The first-order valence-electron chi connectivity index (χ1n) is 14.5. The van der Waals surface area contributed by atoms with E-state index in [0.717, 1.165) is 16.5 Å². The van der Waals surface area contributed by atoms with Crippen molar-refractivity contribution in [3.63, 3.8) is 0 Å². The summed E-state index contributed by atoms with van der Waals surface area (Å²) in [5, 5.41) is 9.89. The Morgan fingerprint density at radius 2 is 1.55 bits per heavy atom. The second-order valence-corrected chi connectivity index (χ2v) is 9.86. The Morgan fingerprint density at radius 3 is 2.19 bits per heavy atom. The molecule has 232 valence electrons. The molecule has 4 rings (SSSR count). The van der Waals surface area contributed by atoms with E-state index in [-0.39, 0.29) is 49.9 Å². The van der Waals surface area contributed by atoms with Crippen LogP contribution in [-0.4, -0.2) is 125 Å². The fourth-order valence-electron chi connectivity index (χ4n) is 4.88. The number of aromatic nitrogens is 1. The van der Waals surface area contributed by atoms with Crippen LogP contribution in [0.25, 0.3) is 10.9 Å². The molecule has 2 aliphatic rings. The summed E-state index contributed by atoms with van der Waals surface area (Å²) in [4.78, 5) is 27.9. The molecule has 1 aromatic heterocycles. The molecule has 1 aromatic carbocycles. The van der Waals surface area contributed by atoms with Crippen molar-refractivity contribution < 1.29 is 47.9 Å². The van der Waals surface area contributed by atoms with Crippen molar-refractivity contribution in [3.8, 4) is 0 Å². The number of fused-ring (bicyclic) bond motifs is 1. The van der Waals surface area contributed by atoms with E-state index in [1.807, 2.05) is 36.5 Å². The number of nitrogens with zero attached hydrogens (tertiary/aromatic N) is 2. The summed E-state index contributed by atoms with van der Waals surface area (Å²) in [5.41, 5.74) is 1.71. The normalized spacial score (nSPS) is 21.7. The van der Waals surface area contributed by atoms with Gasteiger partial charge in [-0.3, -0.25) is 14.2 Å². The van der Waals surface area contributed by atoms with Gasteiger partial charge in [0.1, 0.15) is 0 Å². The van der Waals surface area contributed by atoms with Crippen LogP contribution in [0.3, 0.4) is 0 Å². The average molecular weight is 591 g/mol. The lowest BCUT2D eigenvalue weighted by molar-refractivity contribution is -0.157. The van der Waals surface area contributed by atoms with Crippen molar-refractivity contribution in [2.75, 3.05) is 92.4 Å². The Labute approximate surface area is 246 Å². The fourth-order valence-corrected chi connectivity index (χ4v) is 4.88. The van der Waals surface area contributed by atoms with Crippen LogP contribution in [0.4, 0.5) is 0 Å². The van der Waals surface area contributed by atoms with Crippen molar-refractivity contribution >= 4 is 22.7 Å². The summed E-state index contributed by atoms with van der Waals surface area (Å²) in [6.45, 7) is 6.18. The molecule has 12 heteroatoms. The van der Waals surface area contributed by atoms with E-state index in [1.54, 1.807) is 9.47 Å². The molecule has 0 unspecified atom stereocenters. The number of ether oxygens (including phenoxy) is 7. The second kappa shape index (κ2) is 17.3. The van der Waals surface area contributed by atoms with E-state index >= 15 is 0 Å². The summed E-state index contributed by atoms with van der Waals surface area (Å²) in [6, 6.07) is 7.69. The topological polar surface area (TPSA) is 127 Å². The number of rotatable bonds is 8. The second-order valence-electron chi connectivity index (χ2n) is 9.86. The van der Waals surface area contributed by atoms with Crippen LogP contribution in [0.2, 0.25) is 0 Å². The van der Waals surface area contributed by atoms with Crippen molar-refractivity contribution in [1.29, 1.82) is 0 Å². The van der Waals surface area contributed by atoms with Gasteiger partial charge >= 0.3 is 0 Å². The summed E-state index contributed by atoms with van der Waals surface area (Å²) >= 11 is 0. The molecule has 1 fully saturated rings. The van der Waals surface area contributed by atoms with Gasteiger partial charge in [-0.15, -0.1) is 0 Å². The molecule has 1 N–H and O–H groups in total. The molecule has 0 bridgehead atoms. The molecular weight excluding hydrogens is 548 g/mol. The predicted molar refractivity (Wildman–Crippen MR) is 152 cm³/mol. The zero-order valence-corrected chi connectivity index (χ0v) is 24.2. The minimum absolute atomic E-state index is 0.0765. The molecule has 2 aromatic rings. The molecule has 0 saturated carbocycles. The lowest BCUT2D eigenvalue weighted by atomic mass is 9.92. The highest BCUT2D eigenvalue weighted by Crippen LogP contribution is 2.36. The van der Waals surface area contributed by atoms with E-state index in [9.17, 15) is 9.59 Å². The Morgan fingerprint density at radius 1 is 0.905 bits per heavy atom. The first-order valence-corrected chi connectivity index (χ1v) is 14.5. The summed E-state index contributed by atoms with van der Waals surface area (Å²) in [7, 11) is 0. The number of hydrogen-bond donors (Lipinski definition) is 1. The van der Waals surface area contributed by atoms with E-state index in [1.165, 1.54) is 6.92 Å². The third-order valence-corrected chi connectivity index (χ3v) is 6.93. The summed E-state index contributed by atoms with van der Waals surface area (Å²) in [5.74, 6) is -0.492. The third-order valence-electron chi connectivity index (χ3n) is 6.93. The monoisotopic (exact) mass is 590 g/mol. The minimum Gasteiger partial charge on any atom is -0.459 e. The molecule has 12 nitrogen and oxygen atoms in total. The number of benzene rings is 1. The van der Waals surface area contributed by atoms with E-state index < -0.39 is 6.29 Å². The first kappa shape index (κ1) is 32.1. The maximum atomic E-state index is 13.9. The number of carbonyl (C=O) groups is 2. The molecule has 3 heterocycles. The smallest absolute Gasteiger partial charge is 0.288 e. The van der Waals surface area contributed by atoms with Gasteiger partial charge in [0.2, 0.25) is 12.2 Å². The average Bonchev–Trinajstić information content (AvgIpc) is 3.39. The lowest BCUT2D eigenvalue weighted by Gasteiger charge is -2.31. The van der Waals surface area contributed by atoms with Crippen LogP contribution < -0.4 is 0 Å². The zero-order valence-electron chi connectivity index (χ0n) is 24.2. The van der Waals surface area contributed by atoms with Crippen molar-refractivity contribution in [2.45, 2.75) is 25.6 Å². The molecule has 0 aliphatic carbocycles. The molecule has 2 aliphatic heterocycles. The molecule has 2 atom stereocenters. The summed E-state index contributed by atoms with van der Waals surface area (Å²) < 4.78 is 41.4. The van der Waals surface area contributed by atoms with Crippen LogP contribution in [0.5, 0.6) is 0 Å². The van der Waals surface area contributed by atoms with Crippen LogP contribution in [0, 0.1) is 0 Å². The van der Waals surface area contributed by atoms with Gasteiger partial charge in [-0.1, -0.05) is 18.2 Å². The largest absolute Gasteiger partial charge is 0.459 e. The van der Waals surface area contributed by atoms with Gasteiger partial charge in [-0.05, 0) is 17.7 Å². The number of para-hydroxylation sites is 1. The molecule has 0 spiro atoms. The first-order chi connectivity index (χ1) is 20.6. The minimum atomic E-state index is -0.721. The number of amides is 1. The molecule has 0 radical (unpaired) electrons. The molecule has 1 amide bonds. The standard InChI is InChI=1S/C30H42N2O10/c1-23(34)32-22-26(25-4-2-3-5-27(25)32)24-20-28(42-29(21-24)41-19-18-38-11-8-33)30(35)31-6-9-36-12-14-39-16-17-40-15-13-37-10-7-31/h2-5,20,22,24,29,33H,6-19,21H2,1H3/t24-,29+/m0/s1. The molecule has 42 heavy (non-hydrogen) atoms. The summed E-state index contributed by atoms with van der Waals surface area (Å²) in [6.07, 6.45) is 3.37. The molecule has 1 saturated heterocycles. The number of aliphatic hydroxyl groups is 1. The van der Waals surface area contributed by atoms with Gasteiger partial charge in [0, 0.05) is 43.9 Å². The van der Waals surface area contributed by atoms with Crippen LogP contribution in [-0.2, 0) is 38.0 Å². The van der Waals surface area contributed by atoms with Crippen molar-refractivity contribution in [3.05, 3.63) is 47.9 Å². The van der Waals surface area contributed by atoms with E-state index in [4.69, 9.17) is 38.3 Å². The lowest BCUT2D eigenvalue weighted by Crippen LogP contribution is -2.40. The van der Waals surface area contributed by atoms with Gasteiger partial charge < -0.3 is 43.2 Å². The van der Waals surface area contributed by atoms with Crippen LogP contribution in [0.1, 0.15) is 29.6 Å². The number of allylic oxidation sites excluding steroid dienone is 1. The number of hydrogen-bond acceptors (Lipinski definition) is 10. The third kappa shape index (κ3) is 9.33. The highest BCUT2D eigenvalue weighted by atomic mass is 16.7. The maximum absolute atomic E-state index is 13.9. The Balaban J connectivity index is 1.55. The Kier molecular flexibility index (Phi) is 13.2.